The summed E-state index contributed by atoms with van der Waals surface area (Å²) < 4.78 is 5.08. The van der Waals surface area contributed by atoms with Crippen LogP contribution in [-0.4, -0.2) is 33.4 Å². The molecule has 0 amide bonds. The van der Waals surface area contributed by atoms with Gasteiger partial charge in [-0.15, -0.1) is 0 Å². The molecule has 126 valence electrons. The summed E-state index contributed by atoms with van der Waals surface area (Å²) in [6.07, 6.45) is -2.38. The fourth-order valence-electron chi connectivity index (χ4n) is 2.16. The Bertz CT molecular complexity index is 735. The van der Waals surface area contributed by atoms with Gasteiger partial charge in [0, 0.05) is 0 Å². The number of ether oxygens (including phenoxy) is 1. The van der Waals surface area contributed by atoms with Crippen LogP contribution in [-0.2, 0) is 15.2 Å². The topological polar surface area (TPSA) is 104 Å². The van der Waals surface area contributed by atoms with Crippen LogP contribution in [0.3, 0.4) is 0 Å². The van der Waals surface area contributed by atoms with Gasteiger partial charge in [0.2, 0.25) is 5.60 Å². The van der Waals surface area contributed by atoms with Crippen LogP contribution in [0.15, 0.2) is 48.5 Å². The molecule has 3 N–H and O–H groups in total. The monoisotopic (exact) mass is 330 g/mol. The molecule has 2 aromatic rings. The van der Waals surface area contributed by atoms with Gasteiger partial charge in [-0.25, -0.2) is 9.59 Å². The van der Waals surface area contributed by atoms with E-state index in [2.05, 4.69) is 0 Å². The first-order chi connectivity index (χ1) is 11.2. The number of aliphatic carboxylic acids is 1. The number of hydrogen-bond donors (Lipinski definition) is 3. The highest BCUT2D eigenvalue weighted by molar-refractivity contribution is 5.90. The van der Waals surface area contributed by atoms with E-state index in [-0.39, 0.29) is 11.3 Å². The number of aliphatic hydroxyl groups is 2. The smallest absolute Gasteiger partial charge is 0.351 e. The summed E-state index contributed by atoms with van der Waals surface area (Å²) in [6, 6.07) is 12.3. The maximum Gasteiger partial charge on any atom is 0.351 e. The lowest BCUT2D eigenvalue weighted by molar-refractivity contribution is -0.183. The van der Waals surface area contributed by atoms with Gasteiger partial charge in [0.15, 0.2) is 6.10 Å². The van der Waals surface area contributed by atoms with Gasteiger partial charge >= 0.3 is 11.9 Å². The molecule has 0 heterocycles. The molecule has 6 heteroatoms. The standard InChI is InChI=1S/C18H18O6/c1-11-3-7-13(8-4-11)18(23,15(19)16(20)21)17(22)24-14-9-5-12(2)6-10-14/h3-10,15,19,23H,1-2H3,(H,20,21). The Balaban J connectivity index is 2.41. The van der Waals surface area contributed by atoms with Gasteiger partial charge in [0.1, 0.15) is 5.75 Å². The van der Waals surface area contributed by atoms with Gasteiger partial charge < -0.3 is 20.1 Å². The number of carboxylic acids is 1. The molecule has 0 aliphatic heterocycles. The summed E-state index contributed by atoms with van der Waals surface area (Å²) in [6.45, 7) is 3.64. The summed E-state index contributed by atoms with van der Waals surface area (Å²) in [5.41, 5.74) is -1.02. The van der Waals surface area contributed by atoms with Crippen LogP contribution in [0, 0.1) is 13.8 Å². The lowest BCUT2D eigenvalue weighted by atomic mass is 9.87. The Morgan fingerprint density at radius 1 is 0.958 bits per heavy atom. The zero-order valence-electron chi connectivity index (χ0n) is 13.3. The van der Waals surface area contributed by atoms with Crippen molar-refractivity contribution in [2.24, 2.45) is 0 Å². The number of aliphatic hydroxyl groups excluding tert-OH is 1. The molecule has 2 aromatic carbocycles. The second-order valence-electron chi connectivity index (χ2n) is 5.58. The zero-order chi connectivity index (χ0) is 17.9. The summed E-state index contributed by atoms with van der Waals surface area (Å²) >= 11 is 0. The number of carboxylic acid groups (broad SMARTS) is 1. The molecule has 0 spiro atoms. The van der Waals surface area contributed by atoms with E-state index in [1.165, 1.54) is 24.3 Å². The molecular weight excluding hydrogens is 312 g/mol. The minimum absolute atomic E-state index is 0.0693. The van der Waals surface area contributed by atoms with Crippen molar-refractivity contribution in [2.45, 2.75) is 25.6 Å². The van der Waals surface area contributed by atoms with Crippen LogP contribution in [0.1, 0.15) is 16.7 Å². The molecular formula is C18H18O6. The molecule has 2 unspecified atom stereocenters. The second kappa shape index (κ2) is 6.82. The van der Waals surface area contributed by atoms with Gasteiger partial charge in [-0.1, -0.05) is 47.5 Å². The van der Waals surface area contributed by atoms with Gasteiger partial charge in [0.05, 0.1) is 0 Å². The highest BCUT2D eigenvalue weighted by Crippen LogP contribution is 2.29. The maximum absolute atomic E-state index is 12.5. The molecule has 0 aliphatic rings. The van der Waals surface area contributed by atoms with Gasteiger partial charge in [-0.05, 0) is 31.5 Å². The van der Waals surface area contributed by atoms with Crippen LogP contribution < -0.4 is 4.74 Å². The first-order valence-corrected chi connectivity index (χ1v) is 7.24. The molecule has 2 atom stereocenters. The van der Waals surface area contributed by atoms with E-state index in [0.717, 1.165) is 11.1 Å². The molecule has 0 saturated carbocycles. The van der Waals surface area contributed by atoms with Crippen molar-refractivity contribution in [1.29, 1.82) is 0 Å². The third kappa shape index (κ3) is 3.45. The predicted molar refractivity (Wildman–Crippen MR) is 85.5 cm³/mol. The lowest BCUT2D eigenvalue weighted by Crippen LogP contribution is -2.52. The van der Waals surface area contributed by atoms with Crippen LogP contribution in [0.5, 0.6) is 5.75 Å². The molecule has 0 aliphatic carbocycles. The van der Waals surface area contributed by atoms with E-state index in [9.17, 15) is 19.8 Å². The maximum atomic E-state index is 12.5. The molecule has 0 saturated heterocycles. The van der Waals surface area contributed by atoms with Crippen molar-refractivity contribution in [3.05, 3.63) is 65.2 Å². The van der Waals surface area contributed by atoms with Crippen molar-refractivity contribution in [3.63, 3.8) is 0 Å². The van der Waals surface area contributed by atoms with Gasteiger partial charge in [-0.3, -0.25) is 0 Å². The Hall–Kier alpha value is -2.70. The molecule has 2 rings (SSSR count). The molecule has 24 heavy (non-hydrogen) atoms. The minimum atomic E-state index is -2.73. The van der Waals surface area contributed by atoms with Crippen molar-refractivity contribution in [1.82, 2.24) is 0 Å². The SMILES string of the molecule is Cc1ccc(OC(=O)C(O)(c2ccc(C)cc2)C(O)C(=O)O)cc1. The van der Waals surface area contributed by atoms with Gasteiger partial charge in [-0.2, -0.15) is 0 Å². The lowest BCUT2D eigenvalue weighted by Gasteiger charge is -2.28. The number of hydrogen-bond acceptors (Lipinski definition) is 5. The van der Waals surface area contributed by atoms with Gasteiger partial charge in [0.25, 0.3) is 0 Å². The first kappa shape index (κ1) is 17.7. The number of rotatable bonds is 5. The predicted octanol–water partition coefficient (Wildman–Crippen LogP) is 1.54. The third-order valence-electron chi connectivity index (χ3n) is 3.66. The van der Waals surface area contributed by atoms with Crippen LogP contribution >= 0.6 is 0 Å². The number of carbonyl (C=O) groups is 2. The van der Waals surface area contributed by atoms with Crippen molar-refractivity contribution < 1.29 is 29.6 Å². The summed E-state index contributed by atoms with van der Waals surface area (Å²) in [5.74, 6) is -2.88. The first-order valence-electron chi connectivity index (χ1n) is 7.24. The zero-order valence-corrected chi connectivity index (χ0v) is 13.3. The molecule has 6 nitrogen and oxygen atoms in total. The number of esters is 1. The Labute approximate surface area is 138 Å². The van der Waals surface area contributed by atoms with Crippen LogP contribution in [0.4, 0.5) is 0 Å². The summed E-state index contributed by atoms with van der Waals surface area (Å²) in [7, 11) is 0. The third-order valence-corrected chi connectivity index (χ3v) is 3.66. The number of aryl methyl sites for hydroxylation is 2. The average molecular weight is 330 g/mol. The van der Waals surface area contributed by atoms with E-state index in [4.69, 9.17) is 9.84 Å². The normalized spacial score (nSPS) is 14.5. The van der Waals surface area contributed by atoms with Crippen LogP contribution in [0.2, 0.25) is 0 Å². The fourth-order valence-corrected chi connectivity index (χ4v) is 2.16. The number of carbonyl (C=O) groups excluding carboxylic acids is 1. The van der Waals surface area contributed by atoms with Crippen molar-refractivity contribution >= 4 is 11.9 Å². The average Bonchev–Trinajstić information content (AvgIpc) is 2.56. The van der Waals surface area contributed by atoms with Crippen LogP contribution in [0.25, 0.3) is 0 Å². The Kier molecular flexibility index (Phi) is 5.02. The highest BCUT2D eigenvalue weighted by atomic mass is 16.6. The highest BCUT2D eigenvalue weighted by Gasteiger charge is 2.50. The van der Waals surface area contributed by atoms with E-state index in [0.29, 0.717) is 0 Å². The van der Waals surface area contributed by atoms with E-state index in [1.54, 1.807) is 31.2 Å². The summed E-state index contributed by atoms with van der Waals surface area (Å²) in [5, 5.41) is 29.7. The fraction of sp³-hybridized carbons (Fsp3) is 0.222. The van der Waals surface area contributed by atoms with Crippen molar-refractivity contribution in [3.8, 4) is 5.75 Å². The Morgan fingerprint density at radius 2 is 1.42 bits per heavy atom. The molecule has 0 aromatic heterocycles. The minimum Gasteiger partial charge on any atom is -0.479 e. The number of benzene rings is 2. The van der Waals surface area contributed by atoms with E-state index in [1.807, 2.05) is 6.92 Å². The molecule has 0 bridgehead atoms. The molecule has 0 radical (unpaired) electrons. The quantitative estimate of drug-likeness (QED) is 0.567. The van der Waals surface area contributed by atoms with E-state index < -0.39 is 23.6 Å². The Morgan fingerprint density at radius 3 is 1.88 bits per heavy atom. The second-order valence-corrected chi connectivity index (χ2v) is 5.58. The molecule has 0 fully saturated rings. The van der Waals surface area contributed by atoms with E-state index >= 15 is 0 Å². The summed E-state index contributed by atoms with van der Waals surface area (Å²) in [4.78, 5) is 23.6. The van der Waals surface area contributed by atoms with Crippen molar-refractivity contribution in [2.75, 3.05) is 0 Å². The largest absolute Gasteiger partial charge is 0.479 e.